The summed E-state index contributed by atoms with van der Waals surface area (Å²) in [6.07, 6.45) is 15.0. The number of carboxylic acids is 1. The number of phenols is 1. The molecule has 0 saturated carbocycles. The summed E-state index contributed by atoms with van der Waals surface area (Å²) in [7, 11) is 0. The van der Waals surface area contributed by atoms with Crippen molar-refractivity contribution in [2.75, 3.05) is 13.2 Å². The average Bonchev–Trinajstić information content (AvgIpc) is 3.17. The van der Waals surface area contributed by atoms with Crippen LogP contribution in [0.15, 0.2) is 79.0 Å². The number of phenolic OH excluding ortho intramolecular Hbond substituents is 1. The number of carboxylic acid groups (broad SMARTS) is 1. The molecule has 0 bridgehead atoms. The molecule has 324 valence electrons. The van der Waals surface area contributed by atoms with E-state index in [1.807, 2.05) is 37.3 Å². The minimum absolute atomic E-state index is 0.0132. The van der Waals surface area contributed by atoms with Crippen LogP contribution in [0, 0.1) is 23.6 Å². The molecule has 3 amide bonds. The molecule has 1 aromatic rings. The quantitative estimate of drug-likeness (QED) is 0.0362. The first kappa shape index (κ1) is 49.7. The van der Waals surface area contributed by atoms with E-state index in [4.69, 9.17) is 4.74 Å². The molecule has 15 heteroatoms. The van der Waals surface area contributed by atoms with Gasteiger partial charge in [0.05, 0.1) is 12.0 Å². The number of Topliss-reactive ketones (excluding diaryl/α,β-unsaturated/α-hetero) is 1. The summed E-state index contributed by atoms with van der Waals surface area (Å²) < 4.78 is 19.1. The van der Waals surface area contributed by atoms with Gasteiger partial charge in [0.1, 0.15) is 42.1 Å². The first-order valence-electron chi connectivity index (χ1n) is 19.9. The lowest BCUT2D eigenvalue weighted by Gasteiger charge is -2.35. The van der Waals surface area contributed by atoms with Crippen LogP contribution in [0.3, 0.4) is 0 Å². The fourth-order valence-corrected chi connectivity index (χ4v) is 6.33. The first-order valence-corrected chi connectivity index (χ1v) is 19.9. The Morgan fingerprint density at radius 1 is 1.02 bits per heavy atom. The van der Waals surface area contributed by atoms with Crippen LogP contribution < -0.4 is 16.1 Å². The third-order valence-corrected chi connectivity index (χ3v) is 9.69. The van der Waals surface area contributed by atoms with Crippen molar-refractivity contribution < 1.29 is 53.2 Å². The Morgan fingerprint density at radius 3 is 2.37 bits per heavy atom. The van der Waals surface area contributed by atoms with Gasteiger partial charge in [-0.1, -0.05) is 75.5 Å². The molecule has 6 unspecified atom stereocenters. The highest BCUT2D eigenvalue weighted by molar-refractivity contribution is 5.93. The van der Waals surface area contributed by atoms with Crippen molar-refractivity contribution in [3.05, 3.63) is 90.3 Å². The largest absolute Gasteiger partial charge is 0.508 e. The number of esters is 1. The summed E-state index contributed by atoms with van der Waals surface area (Å²) in [5.41, 5.74) is 3.91. The van der Waals surface area contributed by atoms with Crippen LogP contribution in [0.25, 0.3) is 0 Å². The molecule has 59 heavy (non-hydrogen) atoms. The van der Waals surface area contributed by atoms with Gasteiger partial charge in [0, 0.05) is 31.5 Å². The summed E-state index contributed by atoms with van der Waals surface area (Å²) in [6.45, 7) is 12.2. The maximum Gasteiger partial charge on any atom is 0.331 e. The predicted octanol–water partition coefficient (Wildman–Crippen LogP) is 4.78. The van der Waals surface area contributed by atoms with Crippen LogP contribution in [0.1, 0.15) is 85.1 Å². The third kappa shape index (κ3) is 18.4. The number of aliphatic hydroxyl groups is 1. The molecule has 0 aromatic heterocycles. The van der Waals surface area contributed by atoms with Gasteiger partial charge in [-0.25, -0.2) is 14.6 Å². The maximum atomic E-state index is 14.2. The molecule has 1 aliphatic heterocycles. The standard InChI is InChI=1S/C44H61FN4O10/c1-7-23-59-38(52)19-13-16-29(4)15-11-9-8-10-12-17-30(5)40(53)35(21-20-31(6)50)41(54)47-39(28(2)3)42(55)46-37(26-32-24-33(45)27-34(51)25-32)43(56)49-22-14-18-36(48-49)44(57)58/h7-10,12-13,16,19,24-25,27-28,30,35-37,39-40,48,51,53H,1,11,14-15,17-18,20-23,26H2,2-6H3,(H,46,55)(H,47,54)(H,57,58)/b9-8+,12-10+,19-13+,29-16+. The lowest BCUT2D eigenvalue weighted by molar-refractivity contribution is -0.149. The van der Waals surface area contributed by atoms with E-state index >= 15 is 0 Å². The van der Waals surface area contributed by atoms with Crippen molar-refractivity contribution in [2.45, 2.75) is 110 Å². The maximum absolute atomic E-state index is 14.2. The highest BCUT2D eigenvalue weighted by Gasteiger charge is 2.37. The van der Waals surface area contributed by atoms with E-state index in [2.05, 4.69) is 22.6 Å². The number of hydrogen-bond donors (Lipinski definition) is 6. The van der Waals surface area contributed by atoms with Crippen LogP contribution >= 0.6 is 0 Å². The Morgan fingerprint density at radius 2 is 1.73 bits per heavy atom. The smallest absolute Gasteiger partial charge is 0.331 e. The lowest BCUT2D eigenvalue weighted by Crippen LogP contribution is -2.62. The number of ketones is 1. The predicted molar refractivity (Wildman–Crippen MR) is 221 cm³/mol. The van der Waals surface area contributed by atoms with Crippen molar-refractivity contribution in [3.8, 4) is 5.75 Å². The highest BCUT2D eigenvalue weighted by atomic mass is 19.1. The zero-order valence-corrected chi connectivity index (χ0v) is 34.7. The second kappa shape index (κ2) is 25.8. The van der Waals surface area contributed by atoms with E-state index in [9.17, 15) is 48.5 Å². The Bertz CT molecular complexity index is 1720. The molecule has 0 spiro atoms. The molecule has 1 aromatic carbocycles. The average molecular weight is 825 g/mol. The Labute approximate surface area is 346 Å². The number of aliphatic carboxylic acids is 1. The number of hydrogen-bond acceptors (Lipinski definition) is 10. The van der Waals surface area contributed by atoms with Crippen molar-refractivity contribution in [1.82, 2.24) is 21.1 Å². The fourth-order valence-electron chi connectivity index (χ4n) is 6.33. The summed E-state index contributed by atoms with van der Waals surface area (Å²) in [5, 5.41) is 37.4. The molecule has 1 heterocycles. The topological polar surface area (TPSA) is 212 Å². The van der Waals surface area contributed by atoms with Crippen molar-refractivity contribution in [1.29, 1.82) is 0 Å². The van der Waals surface area contributed by atoms with Crippen molar-refractivity contribution >= 4 is 35.4 Å². The molecule has 0 aliphatic carbocycles. The Kier molecular flexibility index (Phi) is 21.8. The molecule has 6 N–H and O–H groups in total. The van der Waals surface area contributed by atoms with Crippen molar-refractivity contribution in [3.63, 3.8) is 0 Å². The minimum atomic E-state index is -1.36. The monoisotopic (exact) mass is 824 g/mol. The van der Waals surface area contributed by atoms with Gasteiger partial charge in [0.2, 0.25) is 11.8 Å². The Balaban J connectivity index is 2.15. The van der Waals surface area contributed by atoms with Gasteiger partial charge in [-0.05, 0) is 81.9 Å². The first-order chi connectivity index (χ1) is 27.9. The molecule has 1 aliphatic rings. The van der Waals surface area contributed by atoms with Crippen LogP contribution in [0.4, 0.5) is 4.39 Å². The lowest BCUT2D eigenvalue weighted by atomic mass is 9.85. The van der Waals surface area contributed by atoms with E-state index in [-0.39, 0.29) is 50.2 Å². The number of benzene rings is 1. The van der Waals surface area contributed by atoms with Crippen LogP contribution in [0.5, 0.6) is 5.75 Å². The number of nitrogens with one attached hydrogen (secondary N) is 3. The molecular formula is C44H61FN4O10. The second-order valence-electron chi connectivity index (χ2n) is 15.2. The summed E-state index contributed by atoms with van der Waals surface area (Å²) in [6, 6.07) is -0.384. The number of aromatic hydroxyl groups is 1. The van der Waals surface area contributed by atoms with Gasteiger partial charge < -0.3 is 35.5 Å². The van der Waals surface area contributed by atoms with Gasteiger partial charge in [-0.3, -0.25) is 24.2 Å². The molecule has 6 atom stereocenters. The van der Waals surface area contributed by atoms with Gasteiger partial charge in [-0.15, -0.1) is 0 Å². The molecule has 1 fully saturated rings. The zero-order chi connectivity index (χ0) is 44.1. The highest BCUT2D eigenvalue weighted by Crippen LogP contribution is 2.23. The number of carbonyl (C=O) groups excluding carboxylic acids is 5. The van der Waals surface area contributed by atoms with Crippen LogP contribution in [-0.2, 0) is 39.9 Å². The van der Waals surface area contributed by atoms with E-state index in [0.717, 1.165) is 35.6 Å². The number of nitrogens with zero attached hydrogens (tertiary/aromatic N) is 1. The minimum Gasteiger partial charge on any atom is -0.508 e. The normalized spacial score (nSPS) is 17.4. The van der Waals surface area contributed by atoms with E-state index in [1.54, 1.807) is 26.8 Å². The van der Waals surface area contributed by atoms with Gasteiger partial charge in [-0.2, -0.15) is 0 Å². The van der Waals surface area contributed by atoms with Gasteiger partial charge in [0.25, 0.3) is 5.91 Å². The van der Waals surface area contributed by atoms with Crippen LogP contribution in [0.2, 0.25) is 0 Å². The molecular weight excluding hydrogens is 764 g/mol. The number of rotatable bonds is 24. The number of amides is 3. The van der Waals surface area contributed by atoms with Crippen molar-refractivity contribution in [2.24, 2.45) is 17.8 Å². The fraction of sp³-hybridized carbons (Fsp3) is 0.500. The summed E-state index contributed by atoms with van der Waals surface area (Å²) in [5.74, 6) is -7.05. The van der Waals surface area contributed by atoms with Crippen LogP contribution in [-0.4, -0.2) is 93.2 Å². The number of hydrazine groups is 1. The second-order valence-corrected chi connectivity index (χ2v) is 15.2. The van der Waals surface area contributed by atoms with Gasteiger partial charge >= 0.3 is 11.9 Å². The zero-order valence-electron chi connectivity index (χ0n) is 34.7. The molecule has 1 saturated heterocycles. The molecule has 0 radical (unpaired) electrons. The molecule has 2 rings (SSSR count). The Hall–Kier alpha value is -5.41. The van der Waals surface area contributed by atoms with Gasteiger partial charge in [0.15, 0.2) is 0 Å². The molecule has 14 nitrogen and oxygen atoms in total. The summed E-state index contributed by atoms with van der Waals surface area (Å²) >= 11 is 0. The van der Waals surface area contributed by atoms with E-state index in [0.29, 0.717) is 12.8 Å². The third-order valence-electron chi connectivity index (χ3n) is 9.69. The number of aliphatic hydroxyl groups excluding tert-OH is 1. The van der Waals surface area contributed by atoms with E-state index in [1.165, 1.54) is 25.1 Å². The number of ether oxygens (including phenoxy) is 1. The number of carbonyl (C=O) groups is 6. The number of halogens is 1. The number of allylic oxidation sites excluding steroid dienone is 7. The SMILES string of the molecule is C=CCOC(=O)/C=C/C=C(\C)CC/C=C/C=C/CC(C)C(O)C(CCC(C)=O)C(=O)NC(C(=O)NC(Cc1cc(O)cc(F)c1)C(=O)N1CCCC(C(=O)O)N1)C(C)C. The summed E-state index contributed by atoms with van der Waals surface area (Å²) in [4.78, 5) is 76.7. The van der Waals surface area contributed by atoms with E-state index < -0.39 is 83.2 Å².